The van der Waals surface area contributed by atoms with Crippen molar-refractivity contribution >= 4 is 6.03 Å². The van der Waals surface area contributed by atoms with E-state index in [0.29, 0.717) is 12.6 Å². The van der Waals surface area contributed by atoms with Crippen LogP contribution in [-0.4, -0.2) is 60.8 Å². The number of ether oxygens (including phenoxy) is 1. The molecule has 3 rings (SSSR count). The molecule has 0 aromatic heterocycles. The fourth-order valence-electron chi connectivity index (χ4n) is 4.07. The van der Waals surface area contributed by atoms with Gasteiger partial charge in [0.2, 0.25) is 0 Å². The van der Waals surface area contributed by atoms with Gasteiger partial charge in [0, 0.05) is 38.8 Å². The minimum absolute atomic E-state index is 0.0777. The Morgan fingerprint density at radius 1 is 1.27 bits per heavy atom. The van der Waals surface area contributed by atoms with E-state index in [-0.39, 0.29) is 12.1 Å². The van der Waals surface area contributed by atoms with Gasteiger partial charge in [0.1, 0.15) is 0 Å². The Kier molecular flexibility index (Phi) is 7.32. The molecule has 0 bridgehead atoms. The summed E-state index contributed by atoms with van der Waals surface area (Å²) < 4.78 is 5.63. The maximum atomic E-state index is 12.8. The van der Waals surface area contributed by atoms with Gasteiger partial charge in [-0.2, -0.15) is 0 Å². The van der Waals surface area contributed by atoms with E-state index in [1.54, 1.807) is 0 Å². The molecule has 26 heavy (non-hydrogen) atoms. The quantitative estimate of drug-likeness (QED) is 0.813. The zero-order valence-corrected chi connectivity index (χ0v) is 16.0. The van der Waals surface area contributed by atoms with Gasteiger partial charge >= 0.3 is 6.03 Å². The standard InChI is InChI=1S/C21H33N3O2/c1-2-12-24(21(25)22-15-20-11-7-14-26-20)19-10-6-13-23(17-19)16-18-8-4-3-5-9-18/h3-5,8-9,19-20H,2,6-7,10-17H2,1H3,(H,22,25)/t19-,20+/m0/s1. The van der Waals surface area contributed by atoms with Crippen LogP contribution >= 0.6 is 0 Å². The molecule has 5 heteroatoms. The van der Waals surface area contributed by atoms with Gasteiger partial charge in [0.25, 0.3) is 0 Å². The van der Waals surface area contributed by atoms with Crippen molar-refractivity contribution in [3.8, 4) is 0 Å². The summed E-state index contributed by atoms with van der Waals surface area (Å²) in [5.74, 6) is 0. The largest absolute Gasteiger partial charge is 0.376 e. The Morgan fingerprint density at radius 2 is 2.12 bits per heavy atom. The maximum absolute atomic E-state index is 12.8. The molecule has 5 nitrogen and oxygen atoms in total. The van der Waals surface area contributed by atoms with Gasteiger partial charge in [-0.25, -0.2) is 4.79 Å². The first-order valence-electron chi connectivity index (χ1n) is 10.2. The normalized spacial score (nSPS) is 23.7. The number of nitrogens with one attached hydrogen (secondary N) is 1. The van der Waals surface area contributed by atoms with Crippen LogP contribution in [0.3, 0.4) is 0 Å². The molecule has 2 fully saturated rings. The van der Waals surface area contributed by atoms with Gasteiger partial charge in [-0.05, 0) is 44.2 Å². The van der Waals surface area contributed by atoms with Gasteiger partial charge in [0.05, 0.1) is 6.10 Å². The number of nitrogens with zero attached hydrogens (tertiary/aromatic N) is 2. The maximum Gasteiger partial charge on any atom is 0.317 e. The smallest absolute Gasteiger partial charge is 0.317 e. The molecule has 0 spiro atoms. The summed E-state index contributed by atoms with van der Waals surface area (Å²) in [6.45, 7) is 7.47. The number of rotatable bonds is 7. The Balaban J connectivity index is 1.54. The Hall–Kier alpha value is -1.59. The highest BCUT2D eigenvalue weighted by atomic mass is 16.5. The molecular formula is C21H33N3O2. The van der Waals surface area contributed by atoms with E-state index in [1.807, 2.05) is 0 Å². The van der Waals surface area contributed by atoms with Gasteiger partial charge in [0.15, 0.2) is 0 Å². The number of benzene rings is 1. The van der Waals surface area contributed by atoms with Crippen molar-refractivity contribution in [3.63, 3.8) is 0 Å². The van der Waals surface area contributed by atoms with Gasteiger partial charge < -0.3 is 15.0 Å². The highest BCUT2D eigenvalue weighted by Crippen LogP contribution is 2.19. The topological polar surface area (TPSA) is 44.8 Å². The first-order valence-corrected chi connectivity index (χ1v) is 10.2. The van der Waals surface area contributed by atoms with E-state index in [0.717, 1.165) is 64.9 Å². The molecule has 2 aliphatic rings. The fourth-order valence-corrected chi connectivity index (χ4v) is 4.07. The zero-order chi connectivity index (χ0) is 18.2. The summed E-state index contributed by atoms with van der Waals surface area (Å²) in [5.41, 5.74) is 1.35. The van der Waals surface area contributed by atoms with Gasteiger partial charge in [-0.1, -0.05) is 37.3 Å². The lowest BCUT2D eigenvalue weighted by Gasteiger charge is -2.39. The molecule has 1 aromatic carbocycles. The Bertz CT molecular complexity index is 545. The van der Waals surface area contributed by atoms with Crippen LogP contribution in [-0.2, 0) is 11.3 Å². The van der Waals surface area contributed by atoms with Crippen LogP contribution in [0.5, 0.6) is 0 Å². The number of likely N-dealkylation sites (tertiary alicyclic amines) is 1. The lowest BCUT2D eigenvalue weighted by Crippen LogP contribution is -2.53. The van der Waals surface area contributed by atoms with Crippen LogP contribution in [0.25, 0.3) is 0 Å². The summed E-state index contributed by atoms with van der Waals surface area (Å²) >= 11 is 0. The van der Waals surface area contributed by atoms with E-state index in [2.05, 4.69) is 52.4 Å². The average molecular weight is 360 g/mol. The minimum Gasteiger partial charge on any atom is -0.376 e. The van der Waals surface area contributed by atoms with Crippen LogP contribution in [0.4, 0.5) is 4.79 Å². The third kappa shape index (κ3) is 5.45. The second-order valence-electron chi connectivity index (χ2n) is 7.53. The SMILES string of the molecule is CCCN(C(=O)NC[C@H]1CCCO1)[C@H]1CCCN(Cc2ccccc2)C1. The van der Waals surface area contributed by atoms with E-state index >= 15 is 0 Å². The average Bonchev–Trinajstić information content (AvgIpc) is 3.19. The van der Waals surface area contributed by atoms with Crippen molar-refractivity contribution < 1.29 is 9.53 Å². The van der Waals surface area contributed by atoms with Crippen LogP contribution in [0, 0.1) is 0 Å². The molecule has 2 heterocycles. The van der Waals surface area contributed by atoms with E-state index in [4.69, 9.17) is 4.74 Å². The lowest BCUT2D eigenvalue weighted by molar-refractivity contribution is 0.0943. The molecule has 2 amide bonds. The molecule has 2 saturated heterocycles. The molecule has 2 aliphatic heterocycles. The summed E-state index contributed by atoms with van der Waals surface area (Å²) in [6.07, 6.45) is 5.60. The van der Waals surface area contributed by atoms with Crippen LogP contribution in [0.2, 0.25) is 0 Å². The monoisotopic (exact) mass is 359 g/mol. The number of hydrogen-bond donors (Lipinski definition) is 1. The van der Waals surface area contributed by atoms with Crippen molar-refractivity contribution in [2.45, 2.75) is 57.7 Å². The molecule has 2 atom stereocenters. The Morgan fingerprint density at radius 3 is 2.85 bits per heavy atom. The van der Waals surface area contributed by atoms with Crippen molar-refractivity contribution in [1.82, 2.24) is 15.1 Å². The molecule has 1 N–H and O–H groups in total. The predicted octanol–water partition coefficient (Wildman–Crippen LogP) is 3.25. The van der Waals surface area contributed by atoms with Gasteiger partial charge in [-0.3, -0.25) is 4.90 Å². The van der Waals surface area contributed by atoms with E-state index in [9.17, 15) is 4.79 Å². The lowest BCUT2D eigenvalue weighted by atomic mass is 10.0. The van der Waals surface area contributed by atoms with Crippen LogP contribution in [0.15, 0.2) is 30.3 Å². The fraction of sp³-hybridized carbons (Fsp3) is 0.667. The number of piperidine rings is 1. The molecule has 0 saturated carbocycles. The first kappa shape index (κ1) is 19.2. The third-order valence-electron chi connectivity index (χ3n) is 5.40. The van der Waals surface area contributed by atoms with Crippen molar-refractivity contribution in [3.05, 3.63) is 35.9 Å². The highest BCUT2D eigenvalue weighted by Gasteiger charge is 2.28. The molecular weight excluding hydrogens is 326 g/mol. The van der Waals surface area contributed by atoms with Crippen molar-refractivity contribution in [1.29, 1.82) is 0 Å². The molecule has 1 aromatic rings. The third-order valence-corrected chi connectivity index (χ3v) is 5.40. The first-order chi connectivity index (χ1) is 12.8. The minimum atomic E-state index is 0.0777. The summed E-state index contributed by atoms with van der Waals surface area (Å²) in [5, 5.41) is 3.11. The second-order valence-corrected chi connectivity index (χ2v) is 7.53. The highest BCUT2D eigenvalue weighted by molar-refractivity contribution is 5.74. The van der Waals surface area contributed by atoms with Crippen LogP contribution < -0.4 is 5.32 Å². The summed E-state index contributed by atoms with van der Waals surface area (Å²) in [4.78, 5) is 17.3. The molecule has 0 aliphatic carbocycles. The summed E-state index contributed by atoms with van der Waals surface area (Å²) in [7, 11) is 0. The number of carbonyl (C=O) groups excluding carboxylic acids is 1. The predicted molar refractivity (Wildman–Crippen MR) is 104 cm³/mol. The molecule has 144 valence electrons. The van der Waals surface area contributed by atoms with E-state index in [1.165, 1.54) is 5.56 Å². The van der Waals surface area contributed by atoms with Crippen LogP contribution in [0.1, 0.15) is 44.6 Å². The number of amides is 2. The van der Waals surface area contributed by atoms with Gasteiger partial charge in [-0.15, -0.1) is 0 Å². The number of urea groups is 1. The Labute approximate surface area is 157 Å². The number of hydrogen-bond acceptors (Lipinski definition) is 3. The molecule has 0 radical (unpaired) electrons. The number of carbonyl (C=O) groups is 1. The van der Waals surface area contributed by atoms with E-state index < -0.39 is 0 Å². The second kappa shape index (κ2) is 9.93. The summed E-state index contributed by atoms with van der Waals surface area (Å²) in [6, 6.07) is 11.0. The zero-order valence-electron chi connectivity index (χ0n) is 16.0. The van der Waals surface area contributed by atoms with Crippen molar-refractivity contribution in [2.75, 3.05) is 32.8 Å². The molecule has 0 unspecified atom stereocenters. The van der Waals surface area contributed by atoms with Crippen molar-refractivity contribution in [2.24, 2.45) is 0 Å².